The summed E-state index contributed by atoms with van der Waals surface area (Å²) in [5.74, 6) is 2.38. The van der Waals surface area contributed by atoms with E-state index in [0.29, 0.717) is 34.7 Å². The molecule has 5 aromatic rings. The highest BCUT2D eigenvalue weighted by Crippen LogP contribution is 2.45. The molecule has 2 N–H and O–H groups in total. The smallest absolute Gasteiger partial charge is 0.322 e. The lowest BCUT2D eigenvalue weighted by Gasteiger charge is -2.12. The first-order valence-corrected chi connectivity index (χ1v) is 11.4. The molecule has 0 saturated heterocycles. The van der Waals surface area contributed by atoms with Gasteiger partial charge >= 0.3 is 6.01 Å². The number of aromatic nitrogens is 6. The van der Waals surface area contributed by atoms with E-state index in [1.165, 1.54) is 12.4 Å². The lowest BCUT2D eigenvalue weighted by molar-refractivity contribution is 0.410. The van der Waals surface area contributed by atoms with Crippen LogP contribution in [0, 0.1) is 25.1 Å². The monoisotopic (exact) mass is 477 g/mol. The summed E-state index contributed by atoms with van der Waals surface area (Å²) in [4.78, 5) is 21.4. The van der Waals surface area contributed by atoms with Gasteiger partial charge in [-0.05, 0) is 55.2 Å². The van der Waals surface area contributed by atoms with E-state index in [-0.39, 0.29) is 11.8 Å². The minimum absolute atomic E-state index is 0.0175. The quantitative estimate of drug-likeness (QED) is 0.376. The summed E-state index contributed by atoms with van der Waals surface area (Å²) >= 11 is 0. The second-order valence-electron chi connectivity index (χ2n) is 8.54. The number of halogens is 1. The molecule has 0 aliphatic carbocycles. The maximum atomic E-state index is 15.4. The van der Waals surface area contributed by atoms with Crippen molar-refractivity contribution in [3.63, 3.8) is 0 Å². The average Bonchev–Trinajstić information content (AvgIpc) is 3.09. The van der Waals surface area contributed by atoms with Crippen molar-refractivity contribution in [2.75, 3.05) is 5.73 Å². The number of pyridine rings is 1. The van der Waals surface area contributed by atoms with Crippen molar-refractivity contribution in [3.8, 4) is 46.5 Å². The normalized spacial score (nSPS) is 12.5. The largest absolute Gasteiger partial charge is 0.421 e. The highest BCUT2D eigenvalue weighted by molar-refractivity contribution is 6.08. The van der Waals surface area contributed by atoms with Crippen molar-refractivity contribution in [2.24, 2.45) is 0 Å². The Morgan fingerprint density at radius 3 is 2.83 bits per heavy atom. The molecule has 0 unspecified atom stereocenters. The number of nitrogens with zero attached hydrogens (tertiary/aromatic N) is 6. The number of rotatable bonds is 3. The zero-order valence-corrected chi connectivity index (χ0v) is 19.4. The predicted molar refractivity (Wildman–Crippen MR) is 134 cm³/mol. The molecule has 8 nitrogen and oxygen atoms in total. The van der Waals surface area contributed by atoms with E-state index in [1.54, 1.807) is 30.6 Å². The molecule has 0 spiro atoms. The molecule has 5 heterocycles. The topological polar surface area (TPSA) is 105 Å². The second kappa shape index (κ2) is 8.43. The fourth-order valence-electron chi connectivity index (χ4n) is 4.71. The zero-order valence-electron chi connectivity index (χ0n) is 19.4. The molecule has 0 radical (unpaired) electrons. The Hall–Kier alpha value is -4.84. The van der Waals surface area contributed by atoms with Crippen LogP contribution in [0.15, 0.2) is 49.1 Å². The number of hydrogen-bond donors (Lipinski definition) is 1. The molecule has 6 rings (SSSR count). The molecule has 0 fully saturated rings. The van der Waals surface area contributed by atoms with E-state index in [2.05, 4.69) is 35.4 Å². The Morgan fingerprint density at radius 2 is 2.03 bits per heavy atom. The third-order valence-electron chi connectivity index (χ3n) is 6.28. The highest BCUT2D eigenvalue weighted by atomic mass is 19.1. The Kier molecular flexibility index (Phi) is 5.08. The van der Waals surface area contributed by atoms with Gasteiger partial charge in [0, 0.05) is 35.8 Å². The van der Waals surface area contributed by atoms with Crippen LogP contribution in [-0.2, 0) is 13.0 Å². The van der Waals surface area contributed by atoms with E-state index in [9.17, 15) is 0 Å². The van der Waals surface area contributed by atoms with E-state index in [0.717, 1.165) is 40.9 Å². The number of ether oxygens (including phenoxy) is 1. The fourth-order valence-corrected chi connectivity index (χ4v) is 4.71. The van der Waals surface area contributed by atoms with Crippen LogP contribution < -0.4 is 10.5 Å². The van der Waals surface area contributed by atoms with Crippen molar-refractivity contribution in [3.05, 3.63) is 71.8 Å². The summed E-state index contributed by atoms with van der Waals surface area (Å²) in [5.41, 5.74) is 12.5. The molecule has 1 aliphatic heterocycles. The second-order valence-corrected chi connectivity index (χ2v) is 8.54. The van der Waals surface area contributed by atoms with Crippen molar-refractivity contribution in [1.29, 1.82) is 0 Å². The molecule has 36 heavy (non-hydrogen) atoms. The highest BCUT2D eigenvalue weighted by Gasteiger charge is 2.27. The molecular weight excluding hydrogens is 457 g/mol. The molecular formula is C27H20FN7O. The molecule has 4 aromatic heterocycles. The van der Waals surface area contributed by atoms with Crippen molar-refractivity contribution in [1.82, 2.24) is 29.5 Å². The molecule has 0 bridgehead atoms. The van der Waals surface area contributed by atoms with Crippen LogP contribution in [0.4, 0.5) is 10.2 Å². The van der Waals surface area contributed by atoms with Gasteiger partial charge in [-0.15, -0.1) is 6.42 Å². The van der Waals surface area contributed by atoms with Gasteiger partial charge in [0.2, 0.25) is 0 Å². The van der Waals surface area contributed by atoms with E-state index >= 15 is 4.39 Å². The number of nitrogen functional groups attached to an aromatic ring is 1. The molecule has 1 aliphatic rings. The number of benzene rings is 1. The average molecular weight is 478 g/mol. The van der Waals surface area contributed by atoms with Gasteiger partial charge in [-0.1, -0.05) is 12.0 Å². The minimum atomic E-state index is -0.559. The number of anilines is 1. The molecule has 9 heteroatoms. The summed E-state index contributed by atoms with van der Waals surface area (Å²) in [7, 11) is 0. The Labute approximate surface area is 206 Å². The van der Waals surface area contributed by atoms with Gasteiger partial charge in [0.15, 0.2) is 11.6 Å². The predicted octanol–water partition coefficient (Wildman–Crippen LogP) is 4.70. The van der Waals surface area contributed by atoms with E-state index < -0.39 is 5.82 Å². The summed E-state index contributed by atoms with van der Waals surface area (Å²) in [5, 5.41) is 0.663. The number of aryl methyl sites for hydroxylation is 3. The number of nitrogens with two attached hydrogens (primary N) is 1. The zero-order chi connectivity index (χ0) is 24.8. The first-order chi connectivity index (χ1) is 17.5. The van der Waals surface area contributed by atoms with Gasteiger partial charge in [0.05, 0.1) is 11.1 Å². The summed E-state index contributed by atoms with van der Waals surface area (Å²) in [6, 6.07) is 8.50. The van der Waals surface area contributed by atoms with Gasteiger partial charge in [0.25, 0.3) is 0 Å². The number of terminal acetylenes is 1. The Bertz CT molecular complexity index is 1700. The van der Waals surface area contributed by atoms with Crippen LogP contribution in [0.2, 0.25) is 0 Å². The summed E-state index contributed by atoms with van der Waals surface area (Å²) in [6.07, 6.45) is 12.1. The molecule has 0 atom stereocenters. The molecule has 1 aromatic carbocycles. The molecule has 0 saturated carbocycles. The van der Waals surface area contributed by atoms with E-state index in [1.807, 2.05) is 13.0 Å². The van der Waals surface area contributed by atoms with Crippen LogP contribution in [0.3, 0.4) is 0 Å². The van der Waals surface area contributed by atoms with Crippen LogP contribution in [-0.4, -0.2) is 29.5 Å². The maximum Gasteiger partial charge on any atom is 0.322 e. The fraction of sp³-hybridized carbons (Fsp3) is 0.148. The van der Waals surface area contributed by atoms with Gasteiger partial charge in [-0.2, -0.15) is 0 Å². The van der Waals surface area contributed by atoms with Gasteiger partial charge in [0.1, 0.15) is 23.5 Å². The Balaban J connectivity index is 1.57. The Morgan fingerprint density at radius 1 is 1.14 bits per heavy atom. The van der Waals surface area contributed by atoms with Crippen LogP contribution in [0.5, 0.6) is 11.8 Å². The van der Waals surface area contributed by atoms with Crippen LogP contribution in [0.1, 0.15) is 23.4 Å². The number of fused-ring (bicyclic) bond motifs is 5. The van der Waals surface area contributed by atoms with E-state index in [4.69, 9.17) is 16.9 Å². The third kappa shape index (κ3) is 3.51. The molecule has 176 valence electrons. The van der Waals surface area contributed by atoms with Crippen LogP contribution >= 0.6 is 0 Å². The standard InChI is InChI=1S/C27H20FN7O/c1-3-18-11-16-5-4-10-35-24(19(16)13-31-18)22(23-25(29)32-14-33-26(23)35)17-6-7-21(20(28)12-17)36-27-30-9-8-15(2)34-27/h1,6-9,11-14H,4-5,10H2,2H3,(H2,29,32,33). The minimum Gasteiger partial charge on any atom is -0.421 e. The number of hydrogen-bond acceptors (Lipinski definition) is 7. The first kappa shape index (κ1) is 21.7. The van der Waals surface area contributed by atoms with Crippen LogP contribution in [0.25, 0.3) is 33.4 Å². The van der Waals surface area contributed by atoms with Gasteiger partial charge in [-0.3, -0.25) is 0 Å². The van der Waals surface area contributed by atoms with Gasteiger partial charge < -0.3 is 15.0 Å². The maximum absolute atomic E-state index is 15.4. The van der Waals surface area contributed by atoms with Crippen molar-refractivity contribution in [2.45, 2.75) is 26.3 Å². The lowest BCUT2D eigenvalue weighted by Crippen LogP contribution is -2.00. The van der Waals surface area contributed by atoms with Crippen molar-refractivity contribution < 1.29 is 9.13 Å². The third-order valence-corrected chi connectivity index (χ3v) is 6.28. The SMILES string of the molecule is C#Cc1cc2c(cn1)-c1c(-c3ccc(Oc4nccc(C)n4)c(F)c3)c3c(N)ncnc3n1CCC2. The summed E-state index contributed by atoms with van der Waals surface area (Å²) in [6.45, 7) is 2.51. The summed E-state index contributed by atoms with van der Waals surface area (Å²) < 4.78 is 23.1. The van der Waals surface area contributed by atoms with Crippen molar-refractivity contribution >= 4 is 16.9 Å². The lowest BCUT2D eigenvalue weighted by atomic mass is 9.95. The first-order valence-electron chi connectivity index (χ1n) is 11.4. The van der Waals surface area contributed by atoms with Gasteiger partial charge in [-0.25, -0.2) is 29.3 Å². The molecule has 0 amide bonds.